The zero-order valence-corrected chi connectivity index (χ0v) is 14.0. The molecule has 0 amide bonds. The van der Waals surface area contributed by atoms with Crippen molar-refractivity contribution in [1.82, 2.24) is 0 Å². The summed E-state index contributed by atoms with van der Waals surface area (Å²) in [7, 11) is 0. The summed E-state index contributed by atoms with van der Waals surface area (Å²) in [6.07, 6.45) is 0. The maximum atomic E-state index is 6.32. The summed E-state index contributed by atoms with van der Waals surface area (Å²) in [6, 6.07) is 12.6. The van der Waals surface area contributed by atoms with E-state index < -0.39 is 0 Å². The van der Waals surface area contributed by atoms with E-state index in [0.717, 1.165) is 11.5 Å². The van der Waals surface area contributed by atoms with E-state index in [2.05, 4.69) is 77.9 Å². The normalized spacial score (nSPS) is 11.2. The van der Waals surface area contributed by atoms with Gasteiger partial charge in [0, 0.05) is 11.1 Å². The maximum absolute atomic E-state index is 6.32. The summed E-state index contributed by atoms with van der Waals surface area (Å²) in [5.41, 5.74) is 5.19. The molecule has 0 heterocycles. The molecule has 0 N–H and O–H groups in total. The minimum absolute atomic E-state index is 0.452. The van der Waals surface area contributed by atoms with Gasteiger partial charge in [-0.15, -0.1) is 0 Å². The van der Waals surface area contributed by atoms with Crippen molar-refractivity contribution in [2.24, 2.45) is 0 Å². The van der Waals surface area contributed by atoms with E-state index in [1.165, 1.54) is 22.3 Å². The van der Waals surface area contributed by atoms with Crippen LogP contribution in [-0.2, 0) is 0 Å². The fourth-order valence-corrected chi connectivity index (χ4v) is 3.08. The number of hydrogen-bond acceptors (Lipinski definition) is 1. The van der Waals surface area contributed by atoms with Crippen LogP contribution in [0.5, 0.6) is 11.5 Å². The van der Waals surface area contributed by atoms with Crippen LogP contribution in [0, 0.1) is 13.8 Å². The highest BCUT2D eigenvalue weighted by Crippen LogP contribution is 2.37. The van der Waals surface area contributed by atoms with Crippen molar-refractivity contribution in [2.75, 3.05) is 0 Å². The van der Waals surface area contributed by atoms with Crippen molar-refractivity contribution in [3.8, 4) is 11.5 Å². The van der Waals surface area contributed by atoms with Gasteiger partial charge >= 0.3 is 0 Å². The van der Waals surface area contributed by atoms with Crippen LogP contribution in [0.1, 0.15) is 61.8 Å². The molecule has 0 spiro atoms. The molecule has 0 unspecified atom stereocenters. The van der Waals surface area contributed by atoms with Gasteiger partial charge in [-0.2, -0.15) is 0 Å². The van der Waals surface area contributed by atoms with Crippen LogP contribution in [0.4, 0.5) is 0 Å². The molecule has 1 heteroatoms. The molecule has 21 heavy (non-hydrogen) atoms. The second kappa shape index (κ2) is 6.34. The Morgan fingerprint density at radius 1 is 0.667 bits per heavy atom. The fourth-order valence-electron chi connectivity index (χ4n) is 3.08. The average molecular weight is 282 g/mol. The number of benzene rings is 2. The van der Waals surface area contributed by atoms with Crippen molar-refractivity contribution in [3.05, 3.63) is 58.7 Å². The summed E-state index contributed by atoms with van der Waals surface area (Å²) < 4.78 is 6.32. The monoisotopic (exact) mass is 282 g/mol. The number of aryl methyl sites for hydroxylation is 2. The van der Waals surface area contributed by atoms with Crippen molar-refractivity contribution in [1.29, 1.82) is 0 Å². The molecule has 0 aromatic heterocycles. The second-order valence-corrected chi connectivity index (χ2v) is 6.38. The molecular formula is C20H26O. The van der Waals surface area contributed by atoms with Gasteiger partial charge < -0.3 is 4.74 Å². The van der Waals surface area contributed by atoms with Crippen LogP contribution in [0.2, 0.25) is 0 Å². The molecular weight excluding hydrogens is 256 g/mol. The third kappa shape index (κ3) is 3.29. The first-order chi connectivity index (χ1) is 9.91. The van der Waals surface area contributed by atoms with Gasteiger partial charge in [-0.25, -0.2) is 0 Å². The Bertz CT molecular complexity index is 568. The molecule has 0 saturated carbocycles. The number of rotatable bonds is 4. The van der Waals surface area contributed by atoms with Crippen LogP contribution in [-0.4, -0.2) is 0 Å². The van der Waals surface area contributed by atoms with Crippen LogP contribution >= 0.6 is 0 Å². The standard InChI is InChI=1S/C20H26O/c1-13(2)19-15(5)9-7-11-17(19)21-18-12-8-10-16(6)20(18)14(3)4/h7-14H,1-6H3. The van der Waals surface area contributed by atoms with Gasteiger partial charge in [0.2, 0.25) is 0 Å². The molecule has 0 aliphatic carbocycles. The molecule has 2 aromatic rings. The van der Waals surface area contributed by atoms with E-state index in [-0.39, 0.29) is 0 Å². The first kappa shape index (κ1) is 15.6. The highest BCUT2D eigenvalue weighted by atomic mass is 16.5. The molecule has 2 aromatic carbocycles. The molecule has 0 saturated heterocycles. The Balaban J connectivity index is 2.49. The van der Waals surface area contributed by atoms with E-state index in [4.69, 9.17) is 4.74 Å². The first-order valence-corrected chi connectivity index (χ1v) is 7.78. The highest BCUT2D eigenvalue weighted by Gasteiger charge is 2.15. The molecule has 2 rings (SSSR count). The summed E-state index contributed by atoms with van der Waals surface area (Å²) in [5.74, 6) is 2.87. The summed E-state index contributed by atoms with van der Waals surface area (Å²) in [6.45, 7) is 13.2. The zero-order chi connectivity index (χ0) is 15.6. The topological polar surface area (TPSA) is 9.23 Å². The van der Waals surface area contributed by atoms with Crippen LogP contribution in [0.15, 0.2) is 36.4 Å². The van der Waals surface area contributed by atoms with Crippen molar-refractivity contribution >= 4 is 0 Å². The van der Waals surface area contributed by atoms with Crippen molar-refractivity contribution < 1.29 is 4.74 Å². The summed E-state index contributed by atoms with van der Waals surface area (Å²) in [5, 5.41) is 0. The molecule has 1 nitrogen and oxygen atoms in total. The summed E-state index contributed by atoms with van der Waals surface area (Å²) in [4.78, 5) is 0. The zero-order valence-electron chi connectivity index (χ0n) is 14.0. The van der Waals surface area contributed by atoms with Crippen molar-refractivity contribution in [3.63, 3.8) is 0 Å². The highest BCUT2D eigenvalue weighted by molar-refractivity contribution is 5.48. The Morgan fingerprint density at radius 3 is 1.38 bits per heavy atom. The molecule has 0 bridgehead atoms. The van der Waals surface area contributed by atoms with Gasteiger partial charge in [0.25, 0.3) is 0 Å². The van der Waals surface area contributed by atoms with Crippen LogP contribution in [0.3, 0.4) is 0 Å². The maximum Gasteiger partial charge on any atom is 0.131 e. The van der Waals surface area contributed by atoms with Crippen LogP contribution in [0.25, 0.3) is 0 Å². The van der Waals surface area contributed by atoms with Gasteiger partial charge in [-0.05, 0) is 48.9 Å². The summed E-state index contributed by atoms with van der Waals surface area (Å²) >= 11 is 0. The minimum atomic E-state index is 0.452. The second-order valence-electron chi connectivity index (χ2n) is 6.38. The lowest BCUT2D eigenvalue weighted by atomic mass is 9.95. The fraction of sp³-hybridized carbons (Fsp3) is 0.400. The Kier molecular flexibility index (Phi) is 4.72. The third-order valence-corrected chi connectivity index (χ3v) is 3.94. The molecule has 0 radical (unpaired) electrons. The molecule has 112 valence electrons. The molecule has 0 aliphatic rings. The molecule has 0 aliphatic heterocycles. The SMILES string of the molecule is Cc1cccc(Oc2cccc(C)c2C(C)C)c1C(C)C. The van der Waals surface area contributed by atoms with Gasteiger partial charge in [-0.3, -0.25) is 0 Å². The Morgan fingerprint density at radius 2 is 1.05 bits per heavy atom. The van der Waals surface area contributed by atoms with Crippen molar-refractivity contribution in [2.45, 2.75) is 53.4 Å². The van der Waals surface area contributed by atoms with Gasteiger partial charge in [0.05, 0.1) is 0 Å². The Hall–Kier alpha value is -1.76. The molecule has 0 atom stereocenters. The smallest absolute Gasteiger partial charge is 0.131 e. The van der Waals surface area contributed by atoms with E-state index >= 15 is 0 Å². The lowest BCUT2D eigenvalue weighted by Gasteiger charge is -2.20. The quantitative estimate of drug-likeness (QED) is 0.635. The van der Waals surface area contributed by atoms with Crippen LogP contribution < -0.4 is 4.74 Å². The molecule has 0 fully saturated rings. The first-order valence-electron chi connectivity index (χ1n) is 7.78. The van der Waals surface area contributed by atoms with Gasteiger partial charge in [0.15, 0.2) is 0 Å². The van der Waals surface area contributed by atoms with E-state index in [9.17, 15) is 0 Å². The van der Waals surface area contributed by atoms with E-state index in [1.807, 2.05) is 0 Å². The van der Waals surface area contributed by atoms with E-state index in [1.54, 1.807) is 0 Å². The predicted molar refractivity (Wildman–Crippen MR) is 90.6 cm³/mol. The lowest BCUT2D eigenvalue weighted by Crippen LogP contribution is -2.01. The minimum Gasteiger partial charge on any atom is -0.457 e. The lowest BCUT2D eigenvalue weighted by molar-refractivity contribution is 0.463. The van der Waals surface area contributed by atoms with Gasteiger partial charge in [0.1, 0.15) is 11.5 Å². The predicted octanol–water partition coefficient (Wildman–Crippen LogP) is 6.34. The number of ether oxygens (including phenoxy) is 1. The van der Waals surface area contributed by atoms with Gasteiger partial charge in [-0.1, -0.05) is 52.0 Å². The average Bonchev–Trinajstić information content (AvgIpc) is 2.37. The largest absolute Gasteiger partial charge is 0.457 e. The number of hydrogen-bond donors (Lipinski definition) is 0. The van der Waals surface area contributed by atoms with E-state index in [0.29, 0.717) is 11.8 Å². The Labute approximate surface area is 129 Å². The third-order valence-electron chi connectivity index (χ3n) is 3.94.